The molecule has 1 saturated heterocycles. The summed E-state index contributed by atoms with van der Waals surface area (Å²) < 4.78 is 39.6. The maximum atomic E-state index is 11.8. The molecule has 0 N–H and O–H groups in total. The first-order chi connectivity index (χ1) is 7.94. The molecule has 1 heterocycles. The summed E-state index contributed by atoms with van der Waals surface area (Å²) in [5.41, 5.74) is 0. The standard InChI is InChI=1S/C10H13F3N2O2/c11-10(12,13)7-17-6-9(16)15-4-2-1-3-8(15)5-14/h8H,1-4,6-7H2. The van der Waals surface area contributed by atoms with Crippen molar-refractivity contribution in [2.24, 2.45) is 0 Å². The van der Waals surface area contributed by atoms with Gasteiger partial charge in [-0.25, -0.2) is 0 Å². The number of hydrogen-bond acceptors (Lipinski definition) is 3. The van der Waals surface area contributed by atoms with Crippen LogP contribution in [0.3, 0.4) is 0 Å². The van der Waals surface area contributed by atoms with Gasteiger partial charge in [0.05, 0.1) is 6.07 Å². The van der Waals surface area contributed by atoms with Crippen LogP contribution in [0.4, 0.5) is 13.2 Å². The van der Waals surface area contributed by atoms with E-state index in [0.717, 1.165) is 12.8 Å². The Balaban J connectivity index is 2.38. The second kappa shape index (κ2) is 5.87. The Morgan fingerprint density at radius 1 is 1.47 bits per heavy atom. The van der Waals surface area contributed by atoms with Crippen molar-refractivity contribution in [2.75, 3.05) is 19.8 Å². The van der Waals surface area contributed by atoms with Crippen molar-refractivity contribution in [3.63, 3.8) is 0 Å². The topological polar surface area (TPSA) is 53.3 Å². The molecule has 1 rings (SSSR count). The van der Waals surface area contributed by atoms with E-state index in [9.17, 15) is 18.0 Å². The smallest absolute Gasteiger partial charge is 0.362 e. The predicted octanol–water partition coefficient (Wildman–Crippen LogP) is 1.47. The fraction of sp³-hybridized carbons (Fsp3) is 0.800. The molecule has 1 aliphatic heterocycles. The van der Waals surface area contributed by atoms with E-state index in [1.807, 2.05) is 6.07 Å². The molecule has 4 nitrogen and oxygen atoms in total. The number of nitrogens with zero attached hydrogens (tertiary/aromatic N) is 2. The quantitative estimate of drug-likeness (QED) is 0.762. The molecule has 1 atom stereocenters. The van der Waals surface area contributed by atoms with E-state index in [4.69, 9.17) is 5.26 Å². The first kappa shape index (κ1) is 13.8. The molecule has 1 amide bonds. The van der Waals surface area contributed by atoms with Gasteiger partial charge in [-0.05, 0) is 19.3 Å². The summed E-state index contributed by atoms with van der Waals surface area (Å²) in [4.78, 5) is 12.8. The van der Waals surface area contributed by atoms with Crippen molar-refractivity contribution in [2.45, 2.75) is 31.5 Å². The monoisotopic (exact) mass is 250 g/mol. The highest BCUT2D eigenvalue weighted by Crippen LogP contribution is 2.17. The van der Waals surface area contributed by atoms with E-state index in [2.05, 4.69) is 4.74 Å². The molecule has 17 heavy (non-hydrogen) atoms. The molecule has 0 aromatic heterocycles. The number of amides is 1. The number of likely N-dealkylation sites (tertiary alicyclic amines) is 1. The van der Waals surface area contributed by atoms with Crippen LogP contribution in [0.1, 0.15) is 19.3 Å². The second-order valence-corrected chi connectivity index (χ2v) is 3.84. The van der Waals surface area contributed by atoms with Gasteiger partial charge in [-0.1, -0.05) is 0 Å². The third-order valence-electron chi connectivity index (χ3n) is 2.46. The van der Waals surface area contributed by atoms with Crippen LogP contribution in [0.25, 0.3) is 0 Å². The average molecular weight is 250 g/mol. The first-order valence-electron chi connectivity index (χ1n) is 5.27. The molecule has 0 aromatic rings. The molecule has 0 bridgehead atoms. The Bertz CT molecular complexity index is 312. The van der Waals surface area contributed by atoms with Gasteiger partial charge in [-0.2, -0.15) is 18.4 Å². The van der Waals surface area contributed by atoms with Crippen molar-refractivity contribution in [1.29, 1.82) is 5.26 Å². The number of piperidine rings is 1. The summed E-state index contributed by atoms with van der Waals surface area (Å²) in [5, 5.41) is 8.80. The Hall–Kier alpha value is -1.29. The fourth-order valence-electron chi connectivity index (χ4n) is 1.70. The van der Waals surface area contributed by atoms with Crippen molar-refractivity contribution in [1.82, 2.24) is 4.90 Å². The van der Waals surface area contributed by atoms with E-state index >= 15 is 0 Å². The zero-order chi connectivity index (χ0) is 12.9. The molecule has 1 aliphatic rings. The number of rotatable bonds is 3. The first-order valence-corrected chi connectivity index (χ1v) is 5.27. The van der Waals surface area contributed by atoms with Crippen LogP contribution >= 0.6 is 0 Å². The molecule has 0 radical (unpaired) electrons. The van der Waals surface area contributed by atoms with Crippen LogP contribution in [0, 0.1) is 11.3 Å². The normalized spacial score (nSPS) is 21.1. The van der Waals surface area contributed by atoms with Crippen LogP contribution in [0.2, 0.25) is 0 Å². The molecule has 1 fully saturated rings. The molecule has 0 aromatic carbocycles. The lowest BCUT2D eigenvalue weighted by molar-refractivity contribution is -0.178. The van der Waals surface area contributed by atoms with Crippen LogP contribution in [-0.2, 0) is 9.53 Å². The summed E-state index contributed by atoms with van der Waals surface area (Å²) in [6, 6.07) is 1.43. The van der Waals surface area contributed by atoms with Crippen molar-refractivity contribution in [3.8, 4) is 6.07 Å². The largest absolute Gasteiger partial charge is 0.411 e. The Kier molecular flexibility index (Phi) is 4.75. The minimum Gasteiger partial charge on any atom is -0.362 e. The minimum atomic E-state index is -4.43. The van der Waals surface area contributed by atoms with Gasteiger partial charge in [-0.15, -0.1) is 0 Å². The molecular formula is C10H13F3N2O2. The van der Waals surface area contributed by atoms with Gasteiger partial charge in [0, 0.05) is 6.54 Å². The van der Waals surface area contributed by atoms with Crippen LogP contribution in [0.15, 0.2) is 0 Å². The van der Waals surface area contributed by atoms with E-state index in [1.165, 1.54) is 4.90 Å². The van der Waals surface area contributed by atoms with Gasteiger partial charge in [0.15, 0.2) is 0 Å². The van der Waals surface area contributed by atoms with E-state index < -0.39 is 31.3 Å². The molecule has 1 unspecified atom stereocenters. The summed E-state index contributed by atoms with van der Waals surface area (Å²) in [6.45, 7) is -1.66. The van der Waals surface area contributed by atoms with E-state index in [1.54, 1.807) is 0 Å². The molecule has 0 saturated carbocycles. The van der Waals surface area contributed by atoms with Crippen LogP contribution in [-0.4, -0.2) is 42.8 Å². The summed E-state index contributed by atoms with van der Waals surface area (Å²) >= 11 is 0. The Morgan fingerprint density at radius 3 is 2.76 bits per heavy atom. The number of hydrogen-bond donors (Lipinski definition) is 0. The molecule has 0 spiro atoms. The summed E-state index contributed by atoms with van der Waals surface area (Å²) in [5.74, 6) is -0.555. The zero-order valence-electron chi connectivity index (χ0n) is 9.16. The number of alkyl halides is 3. The highest BCUT2D eigenvalue weighted by atomic mass is 19.4. The molecule has 96 valence electrons. The van der Waals surface area contributed by atoms with Gasteiger partial charge in [0.2, 0.25) is 5.91 Å². The Labute approximate surface area is 96.9 Å². The molecular weight excluding hydrogens is 237 g/mol. The predicted molar refractivity (Wildman–Crippen MR) is 51.8 cm³/mol. The highest BCUT2D eigenvalue weighted by molar-refractivity contribution is 5.78. The summed E-state index contributed by atoms with van der Waals surface area (Å²) in [6.07, 6.45) is -2.24. The molecule has 0 aliphatic carbocycles. The number of nitriles is 1. The number of halogens is 3. The lowest BCUT2D eigenvalue weighted by Crippen LogP contribution is -2.45. The lowest BCUT2D eigenvalue weighted by atomic mass is 10.0. The number of carbonyl (C=O) groups excluding carboxylic acids is 1. The Morgan fingerprint density at radius 2 is 2.18 bits per heavy atom. The van der Waals surface area contributed by atoms with Crippen molar-refractivity contribution >= 4 is 5.91 Å². The maximum absolute atomic E-state index is 11.8. The third kappa shape index (κ3) is 4.61. The zero-order valence-corrected chi connectivity index (χ0v) is 9.16. The fourth-order valence-corrected chi connectivity index (χ4v) is 1.70. The average Bonchev–Trinajstić information content (AvgIpc) is 2.27. The number of carbonyl (C=O) groups is 1. The highest BCUT2D eigenvalue weighted by Gasteiger charge is 2.30. The lowest BCUT2D eigenvalue weighted by Gasteiger charge is -2.31. The van der Waals surface area contributed by atoms with Gasteiger partial charge >= 0.3 is 6.18 Å². The second-order valence-electron chi connectivity index (χ2n) is 3.84. The van der Waals surface area contributed by atoms with Crippen molar-refractivity contribution < 1.29 is 22.7 Å². The summed E-state index contributed by atoms with van der Waals surface area (Å²) in [7, 11) is 0. The van der Waals surface area contributed by atoms with Gasteiger partial charge < -0.3 is 9.64 Å². The van der Waals surface area contributed by atoms with Gasteiger partial charge in [-0.3, -0.25) is 4.79 Å². The van der Waals surface area contributed by atoms with E-state index in [0.29, 0.717) is 13.0 Å². The van der Waals surface area contributed by atoms with Gasteiger partial charge in [0.25, 0.3) is 0 Å². The van der Waals surface area contributed by atoms with Crippen molar-refractivity contribution in [3.05, 3.63) is 0 Å². The SMILES string of the molecule is N#CC1CCCCN1C(=O)COCC(F)(F)F. The van der Waals surface area contributed by atoms with Gasteiger partial charge in [0.1, 0.15) is 19.3 Å². The van der Waals surface area contributed by atoms with E-state index in [-0.39, 0.29) is 0 Å². The maximum Gasteiger partial charge on any atom is 0.411 e. The number of ether oxygens (including phenoxy) is 1. The third-order valence-corrected chi connectivity index (χ3v) is 2.46. The molecule has 7 heteroatoms. The van der Waals surface area contributed by atoms with Crippen LogP contribution in [0.5, 0.6) is 0 Å². The van der Waals surface area contributed by atoms with Crippen LogP contribution < -0.4 is 0 Å². The minimum absolute atomic E-state index is 0.409.